The molecule has 0 aliphatic rings. The maximum Gasteiger partial charge on any atom is 0.251 e. The van der Waals surface area contributed by atoms with Crippen molar-refractivity contribution in [1.29, 1.82) is 0 Å². The molecule has 0 aliphatic carbocycles. The molecule has 2 amide bonds. The van der Waals surface area contributed by atoms with Crippen LogP contribution in [0.2, 0.25) is 0 Å². The third kappa shape index (κ3) is 5.38. The lowest BCUT2D eigenvalue weighted by molar-refractivity contribution is -0.127. The molecule has 2 aromatic heterocycles. The van der Waals surface area contributed by atoms with Crippen molar-refractivity contribution in [1.82, 2.24) is 20.3 Å². The van der Waals surface area contributed by atoms with Crippen molar-refractivity contribution in [3.05, 3.63) is 72.2 Å². The van der Waals surface area contributed by atoms with E-state index in [0.29, 0.717) is 47.2 Å². The highest BCUT2D eigenvalue weighted by Crippen LogP contribution is 2.36. The summed E-state index contributed by atoms with van der Waals surface area (Å²) in [5.41, 5.74) is 1.82. The second-order valence-corrected chi connectivity index (χ2v) is 8.04. The van der Waals surface area contributed by atoms with Gasteiger partial charge in [-0.1, -0.05) is 29.5 Å². The molecule has 4 aromatic rings. The summed E-state index contributed by atoms with van der Waals surface area (Å²) in [7, 11) is 1.55. The van der Waals surface area contributed by atoms with Crippen LogP contribution in [-0.2, 0) is 20.9 Å². The first-order valence-electron chi connectivity index (χ1n) is 11.7. The van der Waals surface area contributed by atoms with Crippen LogP contribution in [0, 0.1) is 6.92 Å². The number of rotatable bonds is 11. The van der Waals surface area contributed by atoms with Crippen molar-refractivity contribution in [3.63, 3.8) is 0 Å². The van der Waals surface area contributed by atoms with E-state index in [4.69, 9.17) is 13.9 Å². The monoisotopic (exact) mass is 491 g/mol. The normalized spacial score (nSPS) is 11.9. The van der Waals surface area contributed by atoms with Gasteiger partial charge in [-0.15, -0.1) is 5.10 Å². The van der Waals surface area contributed by atoms with E-state index in [9.17, 15) is 9.59 Å². The Morgan fingerprint density at radius 3 is 2.64 bits per heavy atom. The highest BCUT2D eigenvalue weighted by Gasteiger charge is 2.36. The second-order valence-electron chi connectivity index (χ2n) is 8.04. The first kappa shape index (κ1) is 24.9. The van der Waals surface area contributed by atoms with Crippen molar-refractivity contribution >= 4 is 28.5 Å². The van der Waals surface area contributed by atoms with E-state index >= 15 is 0 Å². The lowest BCUT2D eigenvalue weighted by atomic mass is 10.1. The van der Waals surface area contributed by atoms with Crippen molar-refractivity contribution in [2.24, 2.45) is 0 Å². The van der Waals surface area contributed by atoms with Crippen LogP contribution in [-0.4, -0.2) is 53.7 Å². The number of ether oxygens (including phenoxy) is 2. The average Bonchev–Trinajstić information content (AvgIpc) is 3.49. The number of aryl methyl sites for hydroxylation is 1. The molecule has 188 valence electrons. The lowest BCUT2D eigenvalue weighted by Gasteiger charge is -2.31. The van der Waals surface area contributed by atoms with Crippen LogP contribution in [0.25, 0.3) is 11.0 Å². The molecule has 2 heterocycles. The van der Waals surface area contributed by atoms with E-state index in [-0.39, 0.29) is 13.1 Å². The number of hydrogen-bond acceptors (Lipinski definition) is 7. The molecule has 0 aliphatic heterocycles. The number of carbonyl (C=O) groups excluding carboxylic acids is 2. The number of carbonyl (C=O) groups is 2. The Morgan fingerprint density at radius 2 is 1.89 bits per heavy atom. The Labute approximate surface area is 208 Å². The molecule has 4 rings (SSSR count). The molecule has 0 saturated heterocycles. The molecule has 0 fully saturated rings. The summed E-state index contributed by atoms with van der Waals surface area (Å²) in [6.45, 7) is 4.47. The van der Waals surface area contributed by atoms with E-state index in [1.807, 2.05) is 37.3 Å². The largest absolute Gasteiger partial charge is 0.492 e. The predicted molar refractivity (Wildman–Crippen MR) is 134 cm³/mol. The zero-order chi connectivity index (χ0) is 25.5. The third-order valence-electron chi connectivity index (χ3n) is 5.54. The van der Waals surface area contributed by atoms with Crippen molar-refractivity contribution in [2.45, 2.75) is 26.4 Å². The minimum atomic E-state index is -1.10. The number of nitrogens with one attached hydrogen (secondary N) is 1. The minimum absolute atomic E-state index is 0.150. The van der Waals surface area contributed by atoms with Crippen LogP contribution in [0.5, 0.6) is 5.75 Å². The Kier molecular flexibility index (Phi) is 7.96. The van der Waals surface area contributed by atoms with Gasteiger partial charge in [0.1, 0.15) is 29.3 Å². The van der Waals surface area contributed by atoms with Crippen molar-refractivity contribution in [2.75, 3.05) is 31.8 Å². The number of amides is 2. The van der Waals surface area contributed by atoms with Crippen LogP contribution < -0.4 is 15.0 Å². The van der Waals surface area contributed by atoms with Gasteiger partial charge >= 0.3 is 0 Å². The van der Waals surface area contributed by atoms with Gasteiger partial charge in [-0.2, -0.15) is 0 Å². The molecule has 0 saturated carbocycles. The van der Waals surface area contributed by atoms with E-state index in [1.165, 1.54) is 9.58 Å². The summed E-state index contributed by atoms with van der Waals surface area (Å²) in [6.07, 6.45) is 0. The van der Waals surface area contributed by atoms with Gasteiger partial charge in [0.2, 0.25) is 5.91 Å². The fraction of sp³-hybridized carbons (Fsp3) is 0.308. The minimum Gasteiger partial charge on any atom is -0.492 e. The molecule has 0 spiro atoms. The Morgan fingerprint density at radius 1 is 1.11 bits per heavy atom. The molecule has 0 bridgehead atoms. The maximum atomic E-state index is 14.0. The van der Waals surface area contributed by atoms with Gasteiger partial charge in [-0.05, 0) is 50.2 Å². The summed E-state index contributed by atoms with van der Waals surface area (Å²) in [6, 6.07) is 16.8. The summed E-state index contributed by atoms with van der Waals surface area (Å²) in [4.78, 5) is 28.9. The highest BCUT2D eigenvalue weighted by atomic mass is 16.5. The molecule has 1 atom stereocenters. The second kappa shape index (κ2) is 11.5. The van der Waals surface area contributed by atoms with Gasteiger partial charge in [0, 0.05) is 13.7 Å². The fourth-order valence-corrected chi connectivity index (χ4v) is 3.94. The van der Waals surface area contributed by atoms with Gasteiger partial charge in [0.25, 0.3) is 5.91 Å². The number of hydrogen-bond donors (Lipinski definition) is 1. The molecule has 0 unspecified atom stereocenters. The first-order chi connectivity index (χ1) is 17.5. The summed E-state index contributed by atoms with van der Waals surface area (Å²) in [5.74, 6) is 0.607. The fourth-order valence-electron chi connectivity index (χ4n) is 3.94. The van der Waals surface area contributed by atoms with Gasteiger partial charge in [0.05, 0.1) is 24.4 Å². The molecule has 36 heavy (non-hydrogen) atoms. The van der Waals surface area contributed by atoms with Gasteiger partial charge < -0.3 is 19.2 Å². The van der Waals surface area contributed by atoms with E-state index in [2.05, 4.69) is 15.6 Å². The summed E-state index contributed by atoms with van der Waals surface area (Å²) < 4.78 is 18.3. The zero-order valence-corrected chi connectivity index (χ0v) is 20.5. The zero-order valence-electron chi connectivity index (χ0n) is 20.5. The number of benzene rings is 2. The topological polar surface area (TPSA) is 112 Å². The molecule has 2 aromatic carbocycles. The highest BCUT2D eigenvalue weighted by molar-refractivity contribution is 6.02. The Balaban J connectivity index is 1.80. The van der Waals surface area contributed by atoms with E-state index in [1.54, 1.807) is 44.4 Å². The van der Waals surface area contributed by atoms with Crippen LogP contribution >= 0.6 is 0 Å². The number of anilines is 1. The van der Waals surface area contributed by atoms with Crippen molar-refractivity contribution in [3.8, 4) is 5.75 Å². The van der Waals surface area contributed by atoms with Crippen LogP contribution in [0.1, 0.15) is 24.5 Å². The molecule has 0 radical (unpaired) electrons. The third-order valence-corrected chi connectivity index (χ3v) is 5.54. The molecule has 10 nitrogen and oxygen atoms in total. The number of methoxy groups -OCH3 is 1. The van der Waals surface area contributed by atoms with Gasteiger partial charge in [-0.25, -0.2) is 4.68 Å². The molecule has 10 heteroatoms. The quantitative estimate of drug-likeness (QED) is 0.321. The molecule has 1 N–H and O–H groups in total. The van der Waals surface area contributed by atoms with Crippen LogP contribution in [0.3, 0.4) is 0 Å². The van der Waals surface area contributed by atoms with Crippen molar-refractivity contribution < 1.29 is 23.5 Å². The Bertz CT molecular complexity index is 1330. The lowest BCUT2D eigenvalue weighted by Crippen LogP contribution is -2.46. The SMILES string of the molecule is CCOc1ccccc1N(C(=O)Cn1nnc2ccccc21)[C@H](C(=O)NCCOC)c1ccc(C)o1. The Hall–Kier alpha value is -4.18. The van der Waals surface area contributed by atoms with Gasteiger partial charge in [-0.3, -0.25) is 14.5 Å². The standard InChI is InChI=1S/C26H29N5O5/c1-4-35-22-12-8-7-11-21(22)31(24(32)17-30-20-10-6-5-9-19(20)28-29-30)25(23-14-13-18(2)36-23)26(33)27-15-16-34-3/h5-14,25H,4,15-17H2,1-3H3,(H,27,33)/t25-/m0/s1. The number of para-hydroxylation sites is 3. The number of nitrogens with zero attached hydrogens (tertiary/aromatic N) is 4. The van der Waals surface area contributed by atoms with Gasteiger partial charge in [0.15, 0.2) is 6.04 Å². The average molecular weight is 492 g/mol. The van der Waals surface area contributed by atoms with E-state index < -0.39 is 17.9 Å². The number of fused-ring (bicyclic) bond motifs is 1. The molecular formula is C26H29N5O5. The summed E-state index contributed by atoms with van der Waals surface area (Å²) >= 11 is 0. The smallest absolute Gasteiger partial charge is 0.251 e. The maximum absolute atomic E-state index is 14.0. The van der Waals surface area contributed by atoms with Crippen LogP contribution in [0.15, 0.2) is 65.1 Å². The van der Waals surface area contributed by atoms with Crippen LogP contribution in [0.4, 0.5) is 5.69 Å². The number of furan rings is 1. The number of aromatic nitrogens is 3. The summed E-state index contributed by atoms with van der Waals surface area (Å²) in [5, 5.41) is 11.2. The first-order valence-corrected chi connectivity index (χ1v) is 11.7. The van der Waals surface area contributed by atoms with E-state index in [0.717, 1.165) is 0 Å². The molecular weight excluding hydrogens is 462 g/mol. The predicted octanol–water partition coefficient (Wildman–Crippen LogP) is 3.27.